The number of hydrogen-bond donors (Lipinski definition) is 1. The molecule has 7 heteroatoms. The third-order valence-electron chi connectivity index (χ3n) is 1.73. The van der Waals surface area contributed by atoms with Gasteiger partial charge in [-0.15, -0.1) is 0 Å². The van der Waals surface area contributed by atoms with Crippen molar-refractivity contribution in [3.05, 3.63) is 22.1 Å². The zero-order valence-corrected chi connectivity index (χ0v) is 6.72. The summed E-state index contributed by atoms with van der Waals surface area (Å²) in [6, 6.07) is 0. The van der Waals surface area contributed by atoms with Gasteiger partial charge in [0.15, 0.2) is 0 Å². The Kier molecular flexibility index (Phi) is 2.09. The van der Waals surface area contributed by atoms with Crippen molar-refractivity contribution in [2.24, 2.45) is 0 Å². The van der Waals surface area contributed by atoms with Crippen molar-refractivity contribution in [2.75, 3.05) is 6.79 Å². The number of aliphatic carboxylic acids is 1. The Labute approximate surface area is 72.7 Å². The van der Waals surface area contributed by atoms with Crippen LogP contribution in [0.4, 0.5) is 0 Å². The van der Waals surface area contributed by atoms with Crippen LogP contribution in [0.2, 0.25) is 0 Å². The first-order chi connectivity index (χ1) is 5.99. The SMILES string of the molecule is CC(C(=O)O)(C1=COCO1)[N+](=O)[O-]. The van der Waals surface area contributed by atoms with Gasteiger partial charge in [0.25, 0.3) is 0 Å². The second kappa shape index (κ2) is 2.92. The number of hydrogen-bond acceptors (Lipinski definition) is 5. The first-order valence-electron chi connectivity index (χ1n) is 3.32. The summed E-state index contributed by atoms with van der Waals surface area (Å²) in [7, 11) is 0. The van der Waals surface area contributed by atoms with Crippen LogP contribution in [-0.2, 0) is 14.3 Å². The maximum absolute atomic E-state index is 10.6. The fourth-order valence-electron chi connectivity index (χ4n) is 0.770. The van der Waals surface area contributed by atoms with E-state index < -0.39 is 16.4 Å². The van der Waals surface area contributed by atoms with Gasteiger partial charge in [0.1, 0.15) is 6.26 Å². The largest absolute Gasteiger partial charge is 0.476 e. The number of carbonyl (C=O) groups is 1. The zero-order valence-electron chi connectivity index (χ0n) is 6.72. The van der Waals surface area contributed by atoms with Gasteiger partial charge in [-0.25, -0.2) is 4.79 Å². The Morgan fingerprint density at radius 3 is 2.77 bits per heavy atom. The van der Waals surface area contributed by atoms with E-state index in [4.69, 9.17) is 5.11 Å². The molecule has 0 amide bonds. The number of ether oxygens (including phenoxy) is 2. The molecule has 1 N–H and O–H groups in total. The molecule has 0 spiro atoms. The van der Waals surface area contributed by atoms with E-state index in [-0.39, 0.29) is 12.6 Å². The fourth-order valence-corrected chi connectivity index (χ4v) is 0.770. The van der Waals surface area contributed by atoms with E-state index in [9.17, 15) is 14.9 Å². The second-order valence-corrected chi connectivity index (χ2v) is 2.55. The molecule has 1 aliphatic heterocycles. The molecule has 0 radical (unpaired) electrons. The van der Waals surface area contributed by atoms with E-state index in [2.05, 4.69) is 9.47 Å². The number of nitro groups is 1. The molecule has 0 aromatic rings. The fraction of sp³-hybridized carbons (Fsp3) is 0.500. The Balaban J connectivity index is 3.04. The van der Waals surface area contributed by atoms with Crippen LogP contribution in [-0.4, -0.2) is 28.3 Å². The molecular weight excluding hydrogens is 182 g/mol. The van der Waals surface area contributed by atoms with Gasteiger partial charge < -0.3 is 14.6 Å². The van der Waals surface area contributed by atoms with Gasteiger partial charge in [-0.1, -0.05) is 0 Å². The lowest BCUT2D eigenvalue weighted by molar-refractivity contribution is -0.543. The first-order valence-corrected chi connectivity index (χ1v) is 3.32. The van der Waals surface area contributed by atoms with E-state index in [1.807, 2.05) is 0 Å². The molecule has 0 aliphatic carbocycles. The highest BCUT2D eigenvalue weighted by Crippen LogP contribution is 2.25. The van der Waals surface area contributed by atoms with Gasteiger partial charge in [0.05, 0.1) is 0 Å². The summed E-state index contributed by atoms with van der Waals surface area (Å²) in [6.45, 7) is 0.752. The minimum absolute atomic E-state index is 0.188. The van der Waals surface area contributed by atoms with Crippen molar-refractivity contribution in [2.45, 2.75) is 12.5 Å². The highest BCUT2D eigenvalue weighted by atomic mass is 16.7. The quantitative estimate of drug-likeness (QED) is 0.493. The highest BCUT2D eigenvalue weighted by Gasteiger charge is 2.53. The lowest BCUT2D eigenvalue weighted by Gasteiger charge is -2.14. The predicted octanol–water partition coefficient (Wildman–Crippen LogP) is -0.0479. The van der Waals surface area contributed by atoms with Crippen molar-refractivity contribution in [3.8, 4) is 0 Å². The minimum atomic E-state index is -2.27. The van der Waals surface area contributed by atoms with E-state index in [0.717, 1.165) is 13.2 Å². The van der Waals surface area contributed by atoms with Crippen LogP contribution in [0.1, 0.15) is 6.92 Å². The molecular formula is C6H7NO6. The summed E-state index contributed by atoms with van der Waals surface area (Å²) in [5.74, 6) is -1.89. The van der Waals surface area contributed by atoms with Crippen LogP contribution in [0.15, 0.2) is 12.0 Å². The van der Waals surface area contributed by atoms with Crippen LogP contribution in [0.5, 0.6) is 0 Å². The number of carboxylic acid groups (broad SMARTS) is 1. The van der Waals surface area contributed by atoms with Gasteiger partial charge in [0, 0.05) is 11.8 Å². The van der Waals surface area contributed by atoms with Crippen LogP contribution in [0.25, 0.3) is 0 Å². The number of rotatable bonds is 3. The lowest BCUT2D eigenvalue weighted by atomic mass is 10.0. The van der Waals surface area contributed by atoms with E-state index >= 15 is 0 Å². The molecule has 1 heterocycles. The summed E-state index contributed by atoms with van der Waals surface area (Å²) in [5.41, 5.74) is -2.27. The Morgan fingerprint density at radius 1 is 1.85 bits per heavy atom. The smallest absolute Gasteiger partial charge is 0.390 e. The molecule has 0 aromatic heterocycles. The van der Waals surface area contributed by atoms with Gasteiger partial charge in [-0.3, -0.25) is 10.1 Å². The average Bonchev–Trinajstić information content (AvgIpc) is 2.54. The summed E-state index contributed by atoms with van der Waals surface area (Å²) >= 11 is 0. The minimum Gasteiger partial charge on any atom is -0.476 e. The highest BCUT2D eigenvalue weighted by molar-refractivity contribution is 5.80. The Hall–Kier alpha value is -1.79. The van der Waals surface area contributed by atoms with Gasteiger partial charge in [-0.05, 0) is 0 Å². The molecule has 1 aliphatic rings. The van der Waals surface area contributed by atoms with Crippen LogP contribution < -0.4 is 0 Å². The third kappa shape index (κ3) is 1.28. The van der Waals surface area contributed by atoms with Crippen molar-refractivity contribution in [3.63, 3.8) is 0 Å². The summed E-state index contributed by atoms with van der Waals surface area (Å²) < 4.78 is 9.21. The topological polar surface area (TPSA) is 98.9 Å². The predicted molar refractivity (Wildman–Crippen MR) is 38.2 cm³/mol. The molecule has 72 valence electrons. The first kappa shape index (κ1) is 9.30. The molecule has 0 fully saturated rings. The number of carboxylic acids is 1. The normalized spacial score (nSPS) is 19.3. The monoisotopic (exact) mass is 189 g/mol. The van der Waals surface area contributed by atoms with Crippen molar-refractivity contribution in [1.29, 1.82) is 0 Å². The maximum atomic E-state index is 10.6. The van der Waals surface area contributed by atoms with Gasteiger partial charge in [0.2, 0.25) is 12.6 Å². The van der Waals surface area contributed by atoms with Crippen molar-refractivity contribution < 1.29 is 24.3 Å². The van der Waals surface area contributed by atoms with Crippen LogP contribution in [0.3, 0.4) is 0 Å². The average molecular weight is 189 g/mol. The third-order valence-corrected chi connectivity index (χ3v) is 1.73. The van der Waals surface area contributed by atoms with E-state index in [1.54, 1.807) is 0 Å². The standard InChI is InChI=1S/C6H7NO6/c1-6(5(8)9,7(10)11)4-2-12-3-13-4/h2H,3H2,1H3,(H,8,9). The van der Waals surface area contributed by atoms with Crippen molar-refractivity contribution in [1.82, 2.24) is 0 Å². The molecule has 1 unspecified atom stereocenters. The molecule has 7 nitrogen and oxygen atoms in total. The Morgan fingerprint density at radius 2 is 2.46 bits per heavy atom. The molecule has 1 rings (SSSR count). The molecule has 0 aromatic carbocycles. The molecule has 0 bridgehead atoms. The van der Waals surface area contributed by atoms with Crippen LogP contribution >= 0.6 is 0 Å². The molecule has 0 saturated heterocycles. The number of nitrogens with zero attached hydrogens (tertiary/aromatic N) is 1. The van der Waals surface area contributed by atoms with Gasteiger partial charge >= 0.3 is 11.5 Å². The zero-order chi connectivity index (χ0) is 10.1. The van der Waals surface area contributed by atoms with E-state index in [0.29, 0.717) is 0 Å². The summed E-state index contributed by atoms with van der Waals surface area (Å²) in [5, 5.41) is 19.1. The molecule has 1 atom stereocenters. The Bertz CT molecular complexity index is 269. The van der Waals surface area contributed by atoms with Crippen molar-refractivity contribution >= 4 is 5.97 Å². The van der Waals surface area contributed by atoms with Gasteiger partial charge in [-0.2, -0.15) is 0 Å². The molecule has 13 heavy (non-hydrogen) atoms. The maximum Gasteiger partial charge on any atom is 0.390 e. The summed E-state index contributed by atoms with van der Waals surface area (Å²) in [4.78, 5) is 20.2. The van der Waals surface area contributed by atoms with Crippen LogP contribution in [0, 0.1) is 10.1 Å². The lowest BCUT2D eigenvalue weighted by Crippen LogP contribution is -2.45. The summed E-state index contributed by atoms with van der Waals surface area (Å²) in [6.07, 6.45) is 0.941. The van der Waals surface area contributed by atoms with E-state index in [1.165, 1.54) is 0 Å². The second-order valence-electron chi connectivity index (χ2n) is 2.55. The molecule has 0 saturated carbocycles.